The minimum Gasteiger partial charge on any atom is -0.508 e. The van der Waals surface area contributed by atoms with Crippen molar-refractivity contribution in [2.45, 2.75) is 19.4 Å². The molecule has 3 rings (SSSR count). The Hall–Kier alpha value is -2.06. The SMILES string of the molecule is CC(C)(O)c1c(O)ccc2c1ccc1ccccc12. The molecule has 3 aromatic carbocycles. The second-order valence-electron chi connectivity index (χ2n) is 5.40. The third kappa shape index (κ3) is 1.85. The van der Waals surface area contributed by atoms with Crippen LogP contribution >= 0.6 is 0 Å². The van der Waals surface area contributed by atoms with E-state index in [2.05, 4.69) is 12.1 Å². The van der Waals surface area contributed by atoms with Crippen LogP contribution in [0.3, 0.4) is 0 Å². The lowest BCUT2D eigenvalue weighted by molar-refractivity contribution is 0.0775. The Labute approximate surface area is 111 Å². The Balaban J connectivity index is 2.51. The van der Waals surface area contributed by atoms with E-state index in [1.54, 1.807) is 19.9 Å². The first-order valence-corrected chi connectivity index (χ1v) is 6.35. The number of hydrogen-bond acceptors (Lipinski definition) is 2. The molecule has 0 unspecified atom stereocenters. The minimum atomic E-state index is -1.08. The summed E-state index contributed by atoms with van der Waals surface area (Å²) in [5, 5.41) is 24.6. The quantitative estimate of drug-likeness (QED) is 0.644. The van der Waals surface area contributed by atoms with Crippen LogP contribution in [0, 0.1) is 0 Å². The third-order valence-corrected chi connectivity index (χ3v) is 3.52. The number of aliphatic hydroxyl groups is 1. The van der Waals surface area contributed by atoms with E-state index in [4.69, 9.17) is 0 Å². The third-order valence-electron chi connectivity index (χ3n) is 3.52. The molecular weight excluding hydrogens is 236 g/mol. The van der Waals surface area contributed by atoms with Gasteiger partial charge in [0, 0.05) is 5.56 Å². The van der Waals surface area contributed by atoms with Crippen molar-refractivity contribution in [1.29, 1.82) is 0 Å². The monoisotopic (exact) mass is 252 g/mol. The highest BCUT2D eigenvalue weighted by Crippen LogP contribution is 2.38. The van der Waals surface area contributed by atoms with E-state index >= 15 is 0 Å². The molecule has 0 aliphatic carbocycles. The molecule has 2 heteroatoms. The van der Waals surface area contributed by atoms with E-state index in [1.807, 2.05) is 30.3 Å². The largest absolute Gasteiger partial charge is 0.508 e. The first-order valence-electron chi connectivity index (χ1n) is 6.35. The van der Waals surface area contributed by atoms with Crippen molar-refractivity contribution in [2.75, 3.05) is 0 Å². The number of fused-ring (bicyclic) bond motifs is 3. The van der Waals surface area contributed by atoms with Gasteiger partial charge in [-0.15, -0.1) is 0 Å². The summed E-state index contributed by atoms with van der Waals surface area (Å²) in [4.78, 5) is 0. The standard InChI is InChI=1S/C17H16O2/c1-17(2,19)16-14-8-7-11-5-3-4-6-12(11)13(14)9-10-15(16)18/h3-10,18-19H,1-2H3. The fourth-order valence-electron chi connectivity index (χ4n) is 2.72. The van der Waals surface area contributed by atoms with Crippen LogP contribution in [0.15, 0.2) is 48.5 Å². The fraction of sp³-hybridized carbons (Fsp3) is 0.176. The molecule has 0 aliphatic rings. The predicted molar refractivity (Wildman–Crippen MR) is 78.4 cm³/mol. The second kappa shape index (κ2) is 3.97. The van der Waals surface area contributed by atoms with E-state index in [9.17, 15) is 10.2 Å². The zero-order valence-electron chi connectivity index (χ0n) is 11.0. The molecule has 0 radical (unpaired) electrons. The van der Waals surface area contributed by atoms with Crippen LogP contribution in [0.1, 0.15) is 19.4 Å². The zero-order valence-corrected chi connectivity index (χ0v) is 11.0. The molecule has 0 saturated heterocycles. The summed E-state index contributed by atoms with van der Waals surface area (Å²) in [5.74, 6) is 0.135. The maximum Gasteiger partial charge on any atom is 0.122 e. The van der Waals surface area contributed by atoms with Crippen LogP contribution < -0.4 is 0 Å². The Bertz CT molecular complexity index is 767. The number of benzene rings is 3. The molecule has 0 fully saturated rings. The molecule has 0 aliphatic heterocycles. The van der Waals surface area contributed by atoms with Gasteiger partial charge < -0.3 is 10.2 Å². The molecule has 0 amide bonds. The summed E-state index contributed by atoms with van der Waals surface area (Å²) < 4.78 is 0. The first kappa shape index (κ1) is 12.0. The minimum absolute atomic E-state index is 0.135. The summed E-state index contributed by atoms with van der Waals surface area (Å²) in [6.45, 7) is 3.38. The van der Waals surface area contributed by atoms with Gasteiger partial charge in [0.1, 0.15) is 5.75 Å². The van der Waals surface area contributed by atoms with Crippen LogP contribution in [0.5, 0.6) is 5.75 Å². The van der Waals surface area contributed by atoms with Crippen molar-refractivity contribution in [2.24, 2.45) is 0 Å². The van der Waals surface area contributed by atoms with Gasteiger partial charge in [-0.05, 0) is 41.5 Å². The molecular formula is C17H16O2. The highest BCUT2D eigenvalue weighted by molar-refractivity contribution is 6.09. The van der Waals surface area contributed by atoms with Crippen molar-refractivity contribution >= 4 is 21.5 Å². The van der Waals surface area contributed by atoms with Gasteiger partial charge in [-0.1, -0.05) is 42.5 Å². The molecule has 0 atom stereocenters. The van der Waals surface area contributed by atoms with Crippen molar-refractivity contribution in [3.05, 3.63) is 54.1 Å². The molecule has 0 saturated carbocycles. The maximum atomic E-state index is 10.3. The fourth-order valence-corrected chi connectivity index (χ4v) is 2.72. The summed E-state index contributed by atoms with van der Waals surface area (Å²) in [6.07, 6.45) is 0. The summed E-state index contributed by atoms with van der Waals surface area (Å²) in [7, 11) is 0. The van der Waals surface area contributed by atoms with Crippen LogP contribution in [-0.2, 0) is 5.60 Å². The average Bonchev–Trinajstić information content (AvgIpc) is 2.36. The molecule has 2 N–H and O–H groups in total. The highest BCUT2D eigenvalue weighted by atomic mass is 16.3. The number of phenols is 1. The van der Waals surface area contributed by atoms with Gasteiger partial charge in [0.05, 0.1) is 5.60 Å². The maximum absolute atomic E-state index is 10.3. The molecule has 3 aromatic rings. The van der Waals surface area contributed by atoms with E-state index in [0.717, 1.165) is 21.5 Å². The van der Waals surface area contributed by atoms with Gasteiger partial charge in [0.2, 0.25) is 0 Å². The van der Waals surface area contributed by atoms with E-state index < -0.39 is 5.60 Å². The predicted octanol–water partition coefficient (Wildman–Crippen LogP) is 3.93. The van der Waals surface area contributed by atoms with Gasteiger partial charge >= 0.3 is 0 Å². The molecule has 0 bridgehead atoms. The van der Waals surface area contributed by atoms with E-state index in [0.29, 0.717) is 5.56 Å². The lowest BCUT2D eigenvalue weighted by Gasteiger charge is -2.22. The number of rotatable bonds is 1. The Morgan fingerprint density at radius 1 is 0.789 bits per heavy atom. The lowest BCUT2D eigenvalue weighted by Crippen LogP contribution is -2.16. The molecule has 0 aromatic heterocycles. The average molecular weight is 252 g/mol. The van der Waals surface area contributed by atoms with Crippen LogP contribution in [0.25, 0.3) is 21.5 Å². The van der Waals surface area contributed by atoms with Gasteiger partial charge in [-0.3, -0.25) is 0 Å². The van der Waals surface area contributed by atoms with E-state index in [1.165, 1.54) is 0 Å². The van der Waals surface area contributed by atoms with Crippen molar-refractivity contribution in [3.8, 4) is 5.75 Å². The Kier molecular flexibility index (Phi) is 2.51. The molecule has 19 heavy (non-hydrogen) atoms. The Morgan fingerprint density at radius 3 is 2.21 bits per heavy atom. The van der Waals surface area contributed by atoms with Crippen molar-refractivity contribution < 1.29 is 10.2 Å². The number of phenolic OH excluding ortho intramolecular Hbond substituents is 1. The van der Waals surface area contributed by atoms with Gasteiger partial charge in [0.15, 0.2) is 0 Å². The number of aromatic hydroxyl groups is 1. The molecule has 0 heterocycles. The molecule has 96 valence electrons. The van der Waals surface area contributed by atoms with Crippen LogP contribution in [-0.4, -0.2) is 10.2 Å². The molecule has 2 nitrogen and oxygen atoms in total. The van der Waals surface area contributed by atoms with Gasteiger partial charge in [-0.25, -0.2) is 0 Å². The van der Waals surface area contributed by atoms with Gasteiger partial charge in [-0.2, -0.15) is 0 Å². The molecule has 0 spiro atoms. The topological polar surface area (TPSA) is 40.5 Å². The normalized spacial score (nSPS) is 12.2. The summed E-state index contributed by atoms with van der Waals surface area (Å²) in [6, 6.07) is 15.7. The van der Waals surface area contributed by atoms with E-state index in [-0.39, 0.29) is 5.75 Å². The Morgan fingerprint density at radius 2 is 1.47 bits per heavy atom. The summed E-state index contributed by atoms with van der Waals surface area (Å²) in [5.41, 5.74) is -0.498. The lowest BCUT2D eigenvalue weighted by atomic mass is 9.89. The summed E-state index contributed by atoms with van der Waals surface area (Å²) >= 11 is 0. The highest BCUT2D eigenvalue weighted by Gasteiger charge is 2.23. The smallest absolute Gasteiger partial charge is 0.122 e. The zero-order chi connectivity index (χ0) is 13.6. The van der Waals surface area contributed by atoms with Crippen molar-refractivity contribution in [1.82, 2.24) is 0 Å². The van der Waals surface area contributed by atoms with Crippen molar-refractivity contribution in [3.63, 3.8) is 0 Å². The van der Waals surface area contributed by atoms with Crippen LogP contribution in [0.4, 0.5) is 0 Å². The second-order valence-corrected chi connectivity index (χ2v) is 5.40. The van der Waals surface area contributed by atoms with Crippen LogP contribution in [0.2, 0.25) is 0 Å². The van der Waals surface area contributed by atoms with Gasteiger partial charge in [0.25, 0.3) is 0 Å². The first-order chi connectivity index (χ1) is 8.98. The number of hydrogen-bond donors (Lipinski definition) is 2.